The van der Waals surface area contributed by atoms with E-state index in [-0.39, 0.29) is 11.8 Å². The van der Waals surface area contributed by atoms with Gasteiger partial charge in [-0.25, -0.2) is 4.79 Å². The first kappa shape index (κ1) is 12.9. The fourth-order valence-electron chi connectivity index (χ4n) is 2.66. The molecular weight excluding hydrogens is 236 g/mol. The van der Waals surface area contributed by atoms with Crippen LogP contribution >= 0.6 is 0 Å². The van der Waals surface area contributed by atoms with E-state index in [9.17, 15) is 14.4 Å². The van der Waals surface area contributed by atoms with E-state index in [0.29, 0.717) is 18.8 Å². The number of amides is 3. The highest BCUT2D eigenvalue weighted by Gasteiger charge is 2.62. The minimum Gasteiger partial charge on any atom is -0.481 e. The molecule has 0 spiro atoms. The zero-order chi connectivity index (χ0) is 13.5. The van der Waals surface area contributed by atoms with Crippen LogP contribution in [0.25, 0.3) is 0 Å². The standard InChI is InChI=1S/C12H18N2O4/c1-6(2)3-4-12(8-5-7(8)9(15)16)10(17)13-11(18)14-12/h6-8H,3-5H2,1-2H3,(H,15,16)(H2,13,14,17,18)/t7-,8-,12?/m0/s1. The average molecular weight is 254 g/mol. The first-order valence-electron chi connectivity index (χ1n) is 6.23. The molecule has 2 fully saturated rings. The van der Waals surface area contributed by atoms with Crippen molar-refractivity contribution in [3.63, 3.8) is 0 Å². The van der Waals surface area contributed by atoms with E-state index in [4.69, 9.17) is 5.11 Å². The molecule has 0 aromatic carbocycles. The van der Waals surface area contributed by atoms with Crippen LogP contribution in [0.3, 0.4) is 0 Å². The van der Waals surface area contributed by atoms with Crippen molar-refractivity contribution >= 4 is 17.9 Å². The molecule has 6 nitrogen and oxygen atoms in total. The van der Waals surface area contributed by atoms with Crippen molar-refractivity contribution < 1.29 is 19.5 Å². The number of imide groups is 1. The number of aliphatic carboxylic acids is 1. The fourth-order valence-corrected chi connectivity index (χ4v) is 2.66. The molecular formula is C12H18N2O4. The highest BCUT2D eigenvalue weighted by atomic mass is 16.4. The molecule has 1 aliphatic carbocycles. The normalized spacial score (nSPS) is 34.4. The Balaban J connectivity index is 2.16. The van der Waals surface area contributed by atoms with E-state index in [1.807, 2.05) is 13.8 Å². The number of urea groups is 1. The first-order valence-corrected chi connectivity index (χ1v) is 6.23. The fraction of sp³-hybridized carbons (Fsp3) is 0.750. The molecule has 1 saturated carbocycles. The quantitative estimate of drug-likeness (QED) is 0.630. The summed E-state index contributed by atoms with van der Waals surface area (Å²) in [6.45, 7) is 4.06. The molecule has 0 bridgehead atoms. The highest BCUT2D eigenvalue weighted by molar-refractivity contribution is 6.07. The Morgan fingerprint density at radius 3 is 2.56 bits per heavy atom. The lowest BCUT2D eigenvalue weighted by Gasteiger charge is -2.27. The molecule has 3 atom stereocenters. The van der Waals surface area contributed by atoms with Gasteiger partial charge < -0.3 is 10.4 Å². The largest absolute Gasteiger partial charge is 0.481 e. The van der Waals surface area contributed by atoms with Crippen LogP contribution in [0.4, 0.5) is 4.79 Å². The summed E-state index contributed by atoms with van der Waals surface area (Å²) >= 11 is 0. The van der Waals surface area contributed by atoms with Crippen molar-refractivity contribution in [2.45, 2.75) is 38.6 Å². The maximum Gasteiger partial charge on any atom is 0.322 e. The molecule has 1 unspecified atom stereocenters. The van der Waals surface area contributed by atoms with Gasteiger partial charge in [-0.2, -0.15) is 0 Å². The van der Waals surface area contributed by atoms with Gasteiger partial charge in [0.2, 0.25) is 0 Å². The van der Waals surface area contributed by atoms with Gasteiger partial charge in [0.05, 0.1) is 5.92 Å². The molecule has 2 rings (SSSR count). The van der Waals surface area contributed by atoms with Crippen LogP contribution in [-0.2, 0) is 9.59 Å². The van der Waals surface area contributed by atoms with E-state index >= 15 is 0 Å². The maximum atomic E-state index is 12.0. The molecule has 0 aromatic heterocycles. The van der Waals surface area contributed by atoms with E-state index in [1.54, 1.807) is 0 Å². The van der Waals surface area contributed by atoms with Gasteiger partial charge in [0.1, 0.15) is 5.54 Å². The van der Waals surface area contributed by atoms with Crippen molar-refractivity contribution in [3.05, 3.63) is 0 Å². The minimum atomic E-state index is -1.01. The monoisotopic (exact) mass is 254 g/mol. The molecule has 0 aromatic rings. The lowest BCUT2D eigenvalue weighted by Crippen LogP contribution is -2.50. The Morgan fingerprint density at radius 1 is 1.50 bits per heavy atom. The molecule has 6 heteroatoms. The number of carboxylic acids is 1. The Hall–Kier alpha value is -1.59. The molecule has 1 aliphatic heterocycles. The van der Waals surface area contributed by atoms with Crippen molar-refractivity contribution in [2.24, 2.45) is 17.8 Å². The number of rotatable bonds is 5. The summed E-state index contributed by atoms with van der Waals surface area (Å²) in [5, 5.41) is 13.9. The Labute approximate surface area is 105 Å². The lowest BCUT2D eigenvalue weighted by atomic mass is 9.84. The van der Waals surface area contributed by atoms with Crippen LogP contribution in [0.1, 0.15) is 33.1 Å². The molecule has 100 valence electrons. The van der Waals surface area contributed by atoms with Gasteiger partial charge in [-0.15, -0.1) is 0 Å². The van der Waals surface area contributed by atoms with Crippen LogP contribution in [0, 0.1) is 17.8 Å². The number of hydrogen-bond acceptors (Lipinski definition) is 3. The van der Waals surface area contributed by atoms with Gasteiger partial charge in [-0.05, 0) is 25.2 Å². The average Bonchev–Trinajstić information content (AvgIpc) is 2.99. The van der Waals surface area contributed by atoms with Crippen molar-refractivity contribution in [1.29, 1.82) is 0 Å². The van der Waals surface area contributed by atoms with Crippen molar-refractivity contribution in [1.82, 2.24) is 10.6 Å². The topological polar surface area (TPSA) is 95.5 Å². The minimum absolute atomic E-state index is 0.278. The van der Waals surface area contributed by atoms with Gasteiger partial charge in [0, 0.05) is 5.92 Å². The number of nitrogens with one attached hydrogen (secondary N) is 2. The summed E-state index contributed by atoms with van der Waals surface area (Å²) in [7, 11) is 0. The third-order valence-electron chi connectivity index (χ3n) is 3.83. The smallest absolute Gasteiger partial charge is 0.322 e. The molecule has 1 heterocycles. The van der Waals surface area contributed by atoms with Gasteiger partial charge in [-0.1, -0.05) is 13.8 Å². The summed E-state index contributed by atoms with van der Waals surface area (Å²) in [5.74, 6) is -1.66. The summed E-state index contributed by atoms with van der Waals surface area (Å²) < 4.78 is 0. The molecule has 0 radical (unpaired) electrons. The van der Waals surface area contributed by atoms with Crippen LogP contribution in [0.2, 0.25) is 0 Å². The second-order valence-electron chi connectivity index (χ2n) is 5.60. The van der Waals surface area contributed by atoms with Crippen LogP contribution in [0.5, 0.6) is 0 Å². The second kappa shape index (κ2) is 4.26. The maximum absolute atomic E-state index is 12.0. The zero-order valence-electron chi connectivity index (χ0n) is 10.5. The van der Waals surface area contributed by atoms with Gasteiger partial charge >= 0.3 is 12.0 Å². The lowest BCUT2D eigenvalue weighted by molar-refractivity contribution is -0.139. The number of carbonyl (C=O) groups excluding carboxylic acids is 2. The predicted octanol–water partition coefficient (Wildman–Crippen LogP) is 0.722. The molecule has 18 heavy (non-hydrogen) atoms. The zero-order valence-corrected chi connectivity index (χ0v) is 10.5. The first-order chi connectivity index (χ1) is 8.36. The van der Waals surface area contributed by atoms with E-state index in [2.05, 4.69) is 10.6 Å². The summed E-state index contributed by atoms with van der Waals surface area (Å²) in [4.78, 5) is 34.3. The Bertz CT molecular complexity index is 407. The summed E-state index contributed by atoms with van der Waals surface area (Å²) in [6, 6.07) is -0.514. The third-order valence-corrected chi connectivity index (χ3v) is 3.83. The van der Waals surface area contributed by atoms with E-state index < -0.39 is 23.5 Å². The van der Waals surface area contributed by atoms with E-state index in [0.717, 1.165) is 6.42 Å². The third kappa shape index (κ3) is 2.07. The highest BCUT2D eigenvalue weighted by Crippen LogP contribution is 2.49. The number of carbonyl (C=O) groups is 3. The van der Waals surface area contributed by atoms with Gasteiger partial charge in [-0.3, -0.25) is 14.9 Å². The molecule has 3 amide bonds. The predicted molar refractivity (Wildman–Crippen MR) is 62.7 cm³/mol. The Kier molecular flexibility index (Phi) is 3.04. The second-order valence-corrected chi connectivity index (χ2v) is 5.60. The van der Waals surface area contributed by atoms with Crippen LogP contribution < -0.4 is 10.6 Å². The van der Waals surface area contributed by atoms with E-state index in [1.165, 1.54) is 0 Å². The number of hydrogen-bond donors (Lipinski definition) is 3. The van der Waals surface area contributed by atoms with Crippen molar-refractivity contribution in [2.75, 3.05) is 0 Å². The summed E-state index contributed by atoms with van der Waals surface area (Å²) in [6.07, 6.45) is 1.73. The van der Waals surface area contributed by atoms with Crippen LogP contribution in [0.15, 0.2) is 0 Å². The van der Waals surface area contributed by atoms with Crippen LogP contribution in [-0.4, -0.2) is 28.6 Å². The SMILES string of the molecule is CC(C)CCC1([C@H]2C[C@@H]2C(=O)O)NC(=O)NC1=O. The molecule has 3 N–H and O–H groups in total. The van der Waals surface area contributed by atoms with Gasteiger partial charge in [0.25, 0.3) is 5.91 Å². The molecule has 1 saturated heterocycles. The Morgan fingerprint density at radius 2 is 2.17 bits per heavy atom. The number of carboxylic acid groups (broad SMARTS) is 1. The summed E-state index contributed by atoms with van der Waals surface area (Å²) in [5.41, 5.74) is -1.01. The van der Waals surface area contributed by atoms with Crippen molar-refractivity contribution in [3.8, 4) is 0 Å². The van der Waals surface area contributed by atoms with Gasteiger partial charge in [0.15, 0.2) is 0 Å². The molecule has 2 aliphatic rings.